The molecule has 0 fully saturated rings. The number of methoxy groups -OCH3 is 1. The molecule has 0 spiro atoms. The summed E-state index contributed by atoms with van der Waals surface area (Å²) in [5.41, 5.74) is -0.0249. The Labute approximate surface area is 91.0 Å². The van der Waals surface area contributed by atoms with Crippen LogP contribution in [0.4, 0.5) is 4.39 Å². The molecule has 0 aliphatic carbocycles. The molecule has 0 amide bonds. The number of esters is 1. The molecule has 1 N–H and O–H groups in total. The van der Waals surface area contributed by atoms with Gasteiger partial charge >= 0.3 is 11.9 Å². The van der Waals surface area contributed by atoms with Crippen LogP contribution < -0.4 is 0 Å². The zero-order chi connectivity index (χ0) is 12.1. The molecule has 0 unspecified atom stereocenters. The Hall–Kier alpha value is -2.17. The molecule has 0 radical (unpaired) electrons. The maximum atomic E-state index is 13.2. The van der Waals surface area contributed by atoms with Crippen LogP contribution in [0.25, 0.3) is 6.08 Å². The Morgan fingerprint density at radius 1 is 1.44 bits per heavy atom. The molecular formula is C11H9FO4. The normalized spacial score (nSPS) is 10.4. The number of hydrogen-bond acceptors (Lipinski definition) is 3. The molecule has 0 bridgehead atoms. The van der Waals surface area contributed by atoms with Gasteiger partial charge in [-0.1, -0.05) is 6.07 Å². The van der Waals surface area contributed by atoms with E-state index in [1.165, 1.54) is 19.3 Å². The maximum Gasteiger partial charge on any atom is 0.338 e. The highest BCUT2D eigenvalue weighted by Gasteiger charge is 2.09. The Morgan fingerprint density at radius 3 is 2.62 bits per heavy atom. The average molecular weight is 224 g/mol. The van der Waals surface area contributed by atoms with Crippen LogP contribution in [-0.4, -0.2) is 24.2 Å². The van der Waals surface area contributed by atoms with E-state index in [1.54, 1.807) is 0 Å². The van der Waals surface area contributed by atoms with Gasteiger partial charge in [-0.25, -0.2) is 14.0 Å². The molecule has 0 heterocycles. The van der Waals surface area contributed by atoms with Gasteiger partial charge in [0.25, 0.3) is 0 Å². The third-order valence-electron chi connectivity index (χ3n) is 1.84. The lowest BCUT2D eigenvalue weighted by Gasteiger charge is -1.98. The first-order valence-electron chi connectivity index (χ1n) is 4.33. The molecule has 0 aliphatic heterocycles. The van der Waals surface area contributed by atoms with Crippen molar-refractivity contribution >= 4 is 18.0 Å². The summed E-state index contributed by atoms with van der Waals surface area (Å²) in [6, 6.07) is 3.56. The zero-order valence-corrected chi connectivity index (χ0v) is 8.44. The zero-order valence-electron chi connectivity index (χ0n) is 8.44. The molecule has 84 valence electrons. The maximum absolute atomic E-state index is 13.2. The molecule has 4 nitrogen and oxygen atoms in total. The van der Waals surface area contributed by atoms with Crippen LogP contribution in [-0.2, 0) is 9.53 Å². The number of hydrogen-bond donors (Lipinski definition) is 1. The molecule has 5 heteroatoms. The predicted octanol–water partition coefficient (Wildman–Crippen LogP) is 1.71. The van der Waals surface area contributed by atoms with E-state index in [9.17, 15) is 14.0 Å². The molecular weight excluding hydrogens is 215 g/mol. The minimum absolute atomic E-state index is 0.382. The lowest BCUT2D eigenvalue weighted by atomic mass is 10.1. The Balaban J connectivity index is 2.94. The number of halogens is 1. The topological polar surface area (TPSA) is 63.6 Å². The van der Waals surface area contributed by atoms with E-state index in [2.05, 4.69) is 4.74 Å². The minimum atomic E-state index is -1.33. The van der Waals surface area contributed by atoms with Crippen molar-refractivity contribution in [3.05, 3.63) is 41.2 Å². The molecule has 0 saturated heterocycles. The van der Waals surface area contributed by atoms with Crippen LogP contribution in [0.3, 0.4) is 0 Å². The number of carbonyl (C=O) groups is 2. The second-order valence-corrected chi connectivity index (χ2v) is 2.90. The van der Waals surface area contributed by atoms with E-state index in [0.29, 0.717) is 5.56 Å². The number of benzene rings is 1. The largest absolute Gasteiger partial charge is 0.478 e. The summed E-state index contributed by atoms with van der Waals surface area (Å²) in [7, 11) is 1.22. The Bertz CT molecular complexity index is 451. The van der Waals surface area contributed by atoms with Gasteiger partial charge in [0.1, 0.15) is 5.82 Å². The van der Waals surface area contributed by atoms with Gasteiger partial charge in [-0.2, -0.15) is 0 Å². The van der Waals surface area contributed by atoms with Crippen molar-refractivity contribution in [3.8, 4) is 0 Å². The quantitative estimate of drug-likeness (QED) is 0.627. The van der Waals surface area contributed by atoms with E-state index in [1.807, 2.05) is 0 Å². The second-order valence-electron chi connectivity index (χ2n) is 2.90. The van der Waals surface area contributed by atoms with Gasteiger partial charge in [-0.05, 0) is 23.8 Å². The second kappa shape index (κ2) is 5.06. The van der Waals surface area contributed by atoms with Gasteiger partial charge in [0.05, 0.1) is 12.7 Å². The summed E-state index contributed by atoms with van der Waals surface area (Å²) < 4.78 is 17.5. The summed E-state index contributed by atoms with van der Waals surface area (Å²) in [5, 5.41) is 8.58. The molecule has 1 rings (SSSR count). The molecule has 0 aliphatic rings. The lowest BCUT2D eigenvalue weighted by Crippen LogP contribution is -2.00. The van der Waals surface area contributed by atoms with E-state index >= 15 is 0 Å². The summed E-state index contributed by atoms with van der Waals surface area (Å²) in [6.07, 6.45) is 2.45. The summed E-state index contributed by atoms with van der Waals surface area (Å²) >= 11 is 0. The minimum Gasteiger partial charge on any atom is -0.478 e. The van der Waals surface area contributed by atoms with Crippen LogP contribution in [0.2, 0.25) is 0 Å². The van der Waals surface area contributed by atoms with Crippen molar-refractivity contribution in [3.63, 3.8) is 0 Å². The third kappa shape index (κ3) is 2.91. The average Bonchev–Trinajstić information content (AvgIpc) is 2.25. The molecule has 1 aromatic rings. The van der Waals surface area contributed by atoms with Crippen LogP contribution in [0.1, 0.15) is 15.9 Å². The van der Waals surface area contributed by atoms with Crippen LogP contribution >= 0.6 is 0 Å². The Kier molecular flexibility index (Phi) is 3.77. The monoisotopic (exact) mass is 224 g/mol. The molecule has 0 atom stereocenters. The highest BCUT2D eigenvalue weighted by atomic mass is 19.1. The van der Waals surface area contributed by atoms with Gasteiger partial charge in [0.2, 0.25) is 0 Å². The van der Waals surface area contributed by atoms with Gasteiger partial charge in [0.15, 0.2) is 0 Å². The van der Waals surface area contributed by atoms with E-state index in [0.717, 1.165) is 18.2 Å². The van der Waals surface area contributed by atoms with Gasteiger partial charge in [0, 0.05) is 6.08 Å². The molecule has 0 saturated carbocycles. The first kappa shape index (κ1) is 11.9. The van der Waals surface area contributed by atoms with Crippen molar-refractivity contribution < 1.29 is 23.8 Å². The number of carbonyl (C=O) groups excluding carboxylic acids is 1. The number of carboxylic acids is 1. The summed E-state index contributed by atoms with van der Waals surface area (Å²) in [4.78, 5) is 21.3. The first-order valence-corrected chi connectivity index (χ1v) is 4.33. The van der Waals surface area contributed by atoms with Crippen molar-refractivity contribution in [1.29, 1.82) is 0 Å². The molecule has 16 heavy (non-hydrogen) atoms. The fourth-order valence-electron chi connectivity index (χ4n) is 1.04. The van der Waals surface area contributed by atoms with Crippen molar-refractivity contribution in [2.45, 2.75) is 0 Å². The van der Waals surface area contributed by atoms with Crippen LogP contribution in [0.5, 0.6) is 0 Å². The van der Waals surface area contributed by atoms with Crippen LogP contribution in [0, 0.1) is 5.82 Å². The number of rotatable bonds is 3. The first-order chi connectivity index (χ1) is 7.54. The Morgan fingerprint density at radius 2 is 2.12 bits per heavy atom. The van der Waals surface area contributed by atoms with E-state index in [4.69, 9.17) is 5.11 Å². The number of carboxylic acid groups (broad SMARTS) is 1. The predicted molar refractivity (Wildman–Crippen MR) is 54.4 cm³/mol. The number of ether oxygens (including phenoxy) is 1. The molecule has 1 aromatic carbocycles. The van der Waals surface area contributed by atoms with Crippen LogP contribution in [0.15, 0.2) is 24.3 Å². The van der Waals surface area contributed by atoms with E-state index in [-0.39, 0.29) is 0 Å². The standard InChI is InChI=1S/C11H9FO4/c1-16-10(13)5-3-7-2-4-8(11(14)15)9(12)6-7/h2-6H,1H3,(H,14,15)/b5-3+. The smallest absolute Gasteiger partial charge is 0.338 e. The third-order valence-corrected chi connectivity index (χ3v) is 1.84. The van der Waals surface area contributed by atoms with E-state index < -0.39 is 23.3 Å². The highest BCUT2D eigenvalue weighted by Crippen LogP contribution is 2.11. The van der Waals surface area contributed by atoms with Crippen molar-refractivity contribution in [1.82, 2.24) is 0 Å². The van der Waals surface area contributed by atoms with Crippen molar-refractivity contribution in [2.75, 3.05) is 7.11 Å². The SMILES string of the molecule is COC(=O)/C=C/c1ccc(C(=O)O)c(F)c1. The van der Waals surface area contributed by atoms with Crippen molar-refractivity contribution in [2.24, 2.45) is 0 Å². The number of aromatic carboxylic acids is 1. The fraction of sp³-hybridized carbons (Fsp3) is 0.0909. The van der Waals surface area contributed by atoms with Gasteiger partial charge in [-0.3, -0.25) is 0 Å². The summed E-state index contributed by atoms with van der Waals surface area (Å²) in [5.74, 6) is -2.75. The van der Waals surface area contributed by atoms with Gasteiger partial charge in [-0.15, -0.1) is 0 Å². The lowest BCUT2D eigenvalue weighted by molar-refractivity contribution is -0.134. The highest BCUT2D eigenvalue weighted by molar-refractivity contribution is 5.89. The summed E-state index contributed by atoms with van der Waals surface area (Å²) in [6.45, 7) is 0. The fourth-order valence-corrected chi connectivity index (χ4v) is 1.04. The molecule has 0 aromatic heterocycles. The van der Waals surface area contributed by atoms with Gasteiger partial charge < -0.3 is 9.84 Å².